The van der Waals surface area contributed by atoms with Gasteiger partial charge in [0.05, 0.1) is 6.26 Å². The van der Waals surface area contributed by atoms with Crippen LogP contribution in [0.5, 0.6) is 0 Å². The van der Waals surface area contributed by atoms with E-state index in [1.807, 2.05) is 0 Å². The molecule has 0 saturated carbocycles. The van der Waals surface area contributed by atoms with Crippen LogP contribution in [-0.4, -0.2) is 34.7 Å². The predicted molar refractivity (Wildman–Crippen MR) is 59.0 cm³/mol. The van der Waals surface area contributed by atoms with Crippen molar-refractivity contribution >= 4 is 18.0 Å². The molecule has 0 aliphatic rings. The molecule has 0 fully saturated rings. The Morgan fingerprint density at radius 1 is 1.53 bits per heavy atom. The highest BCUT2D eigenvalue weighted by Gasteiger charge is 2.17. The number of carboxylic acids is 1. The highest BCUT2D eigenvalue weighted by atomic mass is 16.4. The lowest BCUT2D eigenvalue weighted by Gasteiger charge is -2.10. The Balaban J connectivity index is 2.50. The first-order valence-electron chi connectivity index (χ1n) is 4.99. The van der Waals surface area contributed by atoms with Gasteiger partial charge in [0.1, 0.15) is 11.8 Å². The molecule has 0 radical (unpaired) electrons. The van der Waals surface area contributed by atoms with E-state index in [4.69, 9.17) is 14.6 Å². The molecule has 0 spiro atoms. The van der Waals surface area contributed by atoms with Crippen molar-refractivity contribution in [2.75, 3.05) is 6.61 Å². The third-order valence-electron chi connectivity index (χ3n) is 1.97. The first-order valence-corrected chi connectivity index (χ1v) is 4.99. The molecule has 1 aromatic rings. The number of furan rings is 1. The Bertz CT molecular complexity index is 396. The minimum Gasteiger partial charge on any atom is -0.480 e. The third kappa shape index (κ3) is 4.52. The Kier molecular flexibility index (Phi) is 4.96. The van der Waals surface area contributed by atoms with Crippen LogP contribution < -0.4 is 5.32 Å². The van der Waals surface area contributed by atoms with Crippen LogP contribution in [-0.2, 0) is 9.59 Å². The molecule has 1 rings (SSSR count). The summed E-state index contributed by atoms with van der Waals surface area (Å²) in [6, 6.07) is 2.24. The molecule has 6 nitrogen and oxygen atoms in total. The second kappa shape index (κ2) is 6.49. The van der Waals surface area contributed by atoms with Gasteiger partial charge in [0.2, 0.25) is 5.91 Å². The molecule has 6 heteroatoms. The molecule has 1 atom stereocenters. The summed E-state index contributed by atoms with van der Waals surface area (Å²) in [7, 11) is 0. The van der Waals surface area contributed by atoms with Gasteiger partial charge in [-0.1, -0.05) is 0 Å². The van der Waals surface area contributed by atoms with Gasteiger partial charge in [-0.25, -0.2) is 4.79 Å². The van der Waals surface area contributed by atoms with Gasteiger partial charge in [0.25, 0.3) is 0 Å². The van der Waals surface area contributed by atoms with Gasteiger partial charge in [-0.3, -0.25) is 4.79 Å². The van der Waals surface area contributed by atoms with Gasteiger partial charge in [0.15, 0.2) is 0 Å². The van der Waals surface area contributed by atoms with Crippen LogP contribution in [0, 0.1) is 0 Å². The zero-order valence-corrected chi connectivity index (χ0v) is 9.00. The molecule has 1 amide bonds. The minimum atomic E-state index is -1.18. The van der Waals surface area contributed by atoms with E-state index in [-0.39, 0.29) is 13.0 Å². The normalized spacial score (nSPS) is 12.5. The maximum atomic E-state index is 11.3. The van der Waals surface area contributed by atoms with Gasteiger partial charge in [-0.15, -0.1) is 0 Å². The lowest BCUT2D eigenvalue weighted by atomic mass is 10.2. The lowest BCUT2D eigenvalue weighted by Crippen LogP contribution is -2.40. The number of carbonyl (C=O) groups is 2. The van der Waals surface area contributed by atoms with Gasteiger partial charge >= 0.3 is 5.97 Å². The summed E-state index contributed by atoms with van der Waals surface area (Å²) in [5, 5.41) is 19.6. The maximum Gasteiger partial charge on any atom is 0.326 e. The number of aliphatic hydroxyl groups excluding tert-OH is 1. The minimum absolute atomic E-state index is 0.0321. The average molecular weight is 239 g/mol. The summed E-state index contributed by atoms with van der Waals surface area (Å²) in [6.07, 6.45) is 4.03. The van der Waals surface area contributed by atoms with E-state index in [2.05, 4.69) is 5.32 Å². The second-order valence-electron chi connectivity index (χ2n) is 3.26. The van der Waals surface area contributed by atoms with Gasteiger partial charge in [0, 0.05) is 19.1 Å². The van der Waals surface area contributed by atoms with Crippen LogP contribution in [0.25, 0.3) is 6.08 Å². The Labute approximate surface area is 97.6 Å². The predicted octanol–water partition coefficient (Wildman–Crippen LogP) is 0.245. The molecule has 0 saturated heterocycles. The quantitative estimate of drug-likeness (QED) is 0.618. The number of aliphatic carboxylic acids is 1. The molecular formula is C11H13NO5. The summed E-state index contributed by atoms with van der Waals surface area (Å²) in [5.41, 5.74) is 0. The number of hydrogen-bond acceptors (Lipinski definition) is 4. The smallest absolute Gasteiger partial charge is 0.326 e. The van der Waals surface area contributed by atoms with Gasteiger partial charge < -0.3 is 19.9 Å². The van der Waals surface area contributed by atoms with Crippen molar-refractivity contribution in [3.8, 4) is 0 Å². The number of carboxylic acid groups (broad SMARTS) is 1. The number of aliphatic hydroxyl groups is 1. The molecule has 3 N–H and O–H groups in total. The van der Waals surface area contributed by atoms with E-state index in [0.29, 0.717) is 5.76 Å². The van der Waals surface area contributed by atoms with Crippen molar-refractivity contribution in [1.29, 1.82) is 0 Å². The number of hydrogen-bond donors (Lipinski definition) is 3. The maximum absolute atomic E-state index is 11.3. The molecule has 0 aliphatic carbocycles. The van der Waals surface area contributed by atoms with Crippen LogP contribution in [0.1, 0.15) is 12.2 Å². The van der Waals surface area contributed by atoms with E-state index >= 15 is 0 Å². The molecule has 0 aromatic carbocycles. The largest absolute Gasteiger partial charge is 0.480 e. The van der Waals surface area contributed by atoms with Crippen molar-refractivity contribution in [3.05, 3.63) is 30.2 Å². The molecule has 17 heavy (non-hydrogen) atoms. The zero-order valence-electron chi connectivity index (χ0n) is 9.00. The van der Waals surface area contributed by atoms with Gasteiger partial charge in [-0.2, -0.15) is 0 Å². The molecule has 0 unspecified atom stereocenters. The van der Waals surface area contributed by atoms with Crippen molar-refractivity contribution in [2.24, 2.45) is 0 Å². The van der Waals surface area contributed by atoms with Crippen LogP contribution in [0.15, 0.2) is 28.9 Å². The average Bonchev–Trinajstić information content (AvgIpc) is 2.78. The summed E-state index contributed by atoms with van der Waals surface area (Å²) in [5.74, 6) is -1.24. The summed E-state index contributed by atoms with van der Waals surface area (Å²) in [6.45, 7) is -0.306. The van der Waals surface area contributed by atoms with Crippen molar-refractivity contribution in [3.63, 3.8) is 0 Å². The Morgan fingerprint density at radius 2 is 2.29 bits per heavy atom. The van der Waals surface area contributed by atoms with Crippen LogP contribution in [0.3, 0.4) is 0 Å². The summed E-state index contributed by atoms with van der Waals surface area (Å²) < 4.78 is 4.96. The van der Waals surface area contributed by atoms with Crippen molar-refractivity contribution in [2.45, 2.75) is 12.5 Å². The van der Waals surface area contributed by atoms with Crippen LogP contribution in [0.4, 0.5) is 0 Å². The van der Waals surface area contributed by atoms with Gasteiger partial charge in [-0.05, 0) is 18.2 Å². The topological polar surface area (TPSA) is 99.8 Å². The van der Waals surface area contributed by atoms with E-state index in [9.17, 15) is 9.59 Å². The number of rotatable bonds is 6. The number of nitrogens with one attached hydrogen (secondary N) is 1. The van der Waals surface area contributed by atoms with Crippen molar-refractivity contribution in [1.82, 2.24) is 5.32 Å². The fourth-order valence-electron chi connectivity index (χ4n) is 1.15. The number of amides is 1. The van der Waals surface area contributed by atoms with E-state index in [1.54, 1.807) is 12.1 Å². The molecule has 1 heterocycles. The standard InChI is InChI=1S/C11H13NO5/c13-6-5-9(11(15)16)12-10(14)4-3-8-2-1-7-17-8/h1-4,7,9,13H,5-6H2,(H,12,14)(H,15,16)/b4-3+/t9-/m1/s1. The monoisotopic (exact) mass is 239 g/mol. The first kappa shape index (κ1) is 13.0. The SMILES string of the molecule is O=C(/C=C/c1ccco1)N[C@H](CCO)C(=O)O. The second-order valence-corrected chi connectivity index (χ2v) is 3.26. The fourth-order valence-corrected chi connectivity index (χ4v) is 1.15. The Hall–Kier alpha value is -2.08. The van der Waals surface area contributed by atoms with Crippen LogP contribution in [0.2, 0.25) is 0 Å². The highest BCUT2D eigenvalue weighted by molar-refractivity contribution is 5.94. The van der Waals surface area contributed by atoms with E-state index in [1.165, 1.54) is 18.4 Å². The first-order chi connectivity index (χ1) is 8.13. The number of carbonyl (C=O) groups excluding carboxylic acids is 1. The molecular weight excluding hydrogens is 226 g/mol. The lowest BCUT2D eigenvalue weighted by molar-refractivity contribution is -0.141. The van der Waals surface area contributed by atoms with E-state index < -0.39 is 17.9 Å². The Morgan fingerprint density at radius 3 is 2.82 bits per heavy atom. The zero-order chi connectivity index (χ0) is 12.7. The molecule has 1 aromatic heterocycles. The van der Waals surface area contributed by atoms with Crippen molar-refractivity contribution < 1.29 is 24.2 Å². The molecule has 92 valence electrons. The summed E-state index contributed by atoms with van der Waals surface area (Å²) in [4.78, 5) is 22.0. The van der Waals surface area contributed by atoms with E-state index in [0.717, 1.165) is 0 Å². The fraction of sp³-hybridized carbons (Fsp3) is 0.273. The third-order valence-corrected chi connectivity index (χ3v) is 1.97. The summed E-state index contributed by atoms with van der Waals surface area (Å²) >= 11 is 0. The molecule has 0 bridgehead atoms. The molecule has 0 aliphatic heterocycles. The highest BCUT2D eigenvalue weighted by Crippen LogP contribution is 2.02. The van der Waals surface area contributed by atoms with Crippen LogP contribution >= 0.6 is 0 Å².